The largest absolute Gasteiger partial charge is 0.379 e. The molecule has 1 aromatic carbocycles. The molecule has 0 saturated heterocycles. The standard InChI is InChI=1S/C15H22O3/c1-13(2)18-12-11-17-10-6-9-15(16)14-7-4-3-5-8-14/h3-5,7-8,13H,6,9-12H2,1-2H3. The summed E-state index contributed by atoms with van der Waals surface area (Å²) in [6, 6.07) is 9.37. The lowest BCUT2D eigenvalue weighted by Gasteiger charge is -2.07. The predicted octanol–water partition coefficient (Wildman–Crippen LogP) is 3.09. The summed E-state index contributed by atoms with van der Waals surface area (Å²) in [6.07, 6.45) is 1.54. The monoisotopic (exact) mass is 250 g/mol. The Hall–Kier alpha value is -1.19. The first-order chi connectivity index (χ1) is 8.70. The van der Waals surface area contributed by atoms with Gasteiger partial charge < -0.3 is 9.47 Å². The maximum absolute atomic E-state index is 11.7. The number of carbonyl (C=O) groups is 1. The molecule has 100 valence electrons. The van der Waals surface area contributed by atoms with Gasteiger partial charge >= 0.3 is 0 Å². The van der Waals surface area contributed by atoms with E-state index in [2.05, 4.69) is 0 Å². The lowest BCUT2D eigenvalue weighted by molar-refractivity contribution is 0.0188. The molecule has 0 heterocycles. The van der Waals surface area contributed by atoms with Crippen LogP contribution in [0.2, 0.25) is 0 Å². The van der Waals surface area contributed by atoms with Crippen LogP contribution in [0.5, 0.6) is 0 Å². The Labute approximate surface area is 109 Å². The van der Waals surface area contributed by atoms with Crippen molar-refractivity contribution in [3.05, 3.63) is 35.9 Å². The van der Waals surface area contributed by atoms with Crippen LogP contribution in [0.15, 0.2) is 30.3 Å². The highest BCUT2D eigenvalue weighted by molar-refractivity contribution is 5.95. The molecule has 0 bridgehead atoms. The van der Waals surface area contributed by atoms with Crippen molar-refractivity contribution >= 4 is 5.78 Å². The summed E-state index contributed by atoms with van der Waals surface area (Å²) in [5, 5.41) is 0. The maximum atomic E-state index is 11.7. The number of ether oxygens (including phenoxy) is 2. The average molecular weight is 250 g/mol. The van der Waals surface area contributed by atoms with E-state index in [0.717, 1.165) is 12.0 Å². The van der Waals surface area contributed by atoms with Crippen molar-refractivity contribution in [3.63, 3.8) is 0 Å². The van der Waals surface area contributed by atoms with Gasteiger partial charge in [-0.25, -0.2) is 0 Å². The van der Waals surface area contributed by atoms with Crippen LogP contribution in [0.3, 0.4) is 0 Å². The van der Waals surface area contributed by atoms with Gasteiger partial charge in [-0.15, -0.1) is 0 Å². The molecule has 0 fully saturated rings. The third-order valence-corrected chi connectivity index (χ3v) is 2.47. The SMILES string of the molecule is CC(C)OCCOCCCC(=O)c1ccccc1. The second-order valence-corrected chi connectivity index (χ2v) is 4.42. The second-order valence-electron chi connectivity index (χ2n) is 4.42. The van der Waals surface area contributed by atoms with Crippen molar-refractivity contribution in [1.29, 1.82) is 0 Å². The van der Waals surface area contributed by atoms with E-state index in [-0.39, 0.29) is 11.9 Å². The fourth-order valence-electron chi connectivity index (χ4n) is 1.55. The number of hydrogen-bond acceptors (Lipinski definition) is 3. The molecule has 3 nitrogen and oxygen atoms in total. The predicted molar refractivity (Wildman–Crippen MR) is 71.9 cm³/mol. The van der Waals surface area contributed by atoms with Crippen LogP contribution in [0.4, 0.5) is 0 Å². The summed E-state index contributed by atoms with van der Waals surface area (Å²) >= 11 is 0. The molecular formula is C15H22O3. The van der Waals surface area contributed by atoms with Gasteiger partial charge in [-0.1, -0.05) is 30.3 Å². The molecule has 0 atom stereocenters. The summed E-state index contributed by atoms with van der Waals surface area (Å²) in [5.41, 5.74) is 0.778. The molecule has 0 spiro atoms. The summed E-state index contributed by atoms with van der Waals surface area (Å²) in [4.78, 5) is 11.7. The maximum Gasteiger partial charge on any atom is 0.162 e. The zero-order valence-electron chi connectivity index (χ0n) is 11.2. The van der Waals surface area contributed by atoms with E-state index >= 15 is 0 Å². The average Bonchev–Trinajstić information content (AvgIpc) is 2.38. The highest BCUT2D eigenvalue weighted by atomic mass is 16.5. The van der Waals surface area contributed by atoms with Gasteiger partial charge in [0.05, 0.1) is 19.3 Å². The van der Waals surface area contributed by atoms with E-state index < -0.39 is 0 Å². The van der Waals surface area contributed by atoms with Crippen molar-refractivity contribution in [2.24, 2.45) is 0 Å². The molecule has 0 amide bonds. The highest BCUT2D eigenvalue weighted by Gasteiger charge is 2.04. The van der Waals surface area contributed by atoms with Crippen LogP contribution in [0.25, 0.3) is 0 Å². The van der Waals surface area contributed by atoms with Crippen LogP contribution < -0.4 is 0 Å². The normalized spacial score (nSPS) is 10.8. The molecule has 1 aromatic rings. The van der Waals surface area contributed by atoms with Crippen molar-refractivity contribution in [2.45, 2.75) is 32.8 Å². The highest BCUT2D eigenvalue weighted by Crippen LogP contribution is 2.05. The van der Waals surface area contributed by atoms with E-state index in [1.54, 1.807) is 0 Å². The van der Waals surface area contributed by atoms with E-state index in [9.17, 15) is 4.79 Å². The molecule has 18 heavy (non-hydrogen) atoms. The lowest BCUT2D eigenvalue weighted by Crippen LogP contribution is -2.10. The number of rotatable bonds is 9. The van der Waals surface area contributed by atoms with Crippen molar-refractivity contribution in [3.8, 4) is 0 Å². The molecule has 0 saturated carbocycles. The molecule has 0 aliphatic carbocycles. The molecule has 0 aromatic heterocycles. The van der Waals surface area contributed by atoms with Gasteiger partial charge in [0, 0.05) is 18.6 Å². The van der Waals surface area contributed by atoms with Gasteiger partial charge in [-0.2, -0.15) is 0 Å². The first-order valence-electron chi connectivity index (χ1n) is 6.47. The minimum atomic E-state index is 0.178. The summed E-state index contributed by atoms with van der Waals surface area (Å²) in [7, 11) is 0. The van der Waals surface area contributed by atoms with Gasteiger partial charge in [-0.05, 0) is 20.3 Å². The van der Waals surface area contributed by atoms with Crippen molar-refractivity contribution in [1.82, 2.24) is 0 Å². The van der Waals surface area contributed by atoms with Crippen molar-refractivity contribution in [2.75, 3.05) is 19.8 Å². The zero-order chi connectivity index (χ0) is 13.2. The van der Waals surface area contributed by atoms with E-state index in [0.29, 0.717) is 26.2 Å². The van der Waals surface area contributed by atoms with Crippen LogP contribution in [0, 0.1) is 0 Å². The van der Waals surface area contributed by atoms with Crippen LogP contribution in [-0.2, 0) is 9.47 Å². The summed E-state index contributed by atoms with van der Waals surface area (Å²) in [6.45, 7) is 5.82. The molecule has 0 radical (unpaired) electrons. The zero-order valence-corrected chi connectivity index (χ0v) is 11.2. The van der Waals surface area contributed by atoms with Crippen LogP contribution in [-0.4, -0.2) is 31.7 Å². The number of benzene rings is 1. The lowest BCUT2D eigenvalue weighted by atomic mass is 10.1. The minimum absolute atomic E-state index is 0.178. The number of Topliss-reactive ketones (excluding diaryl/α,β-unsaturated/α-hetero) is 1. The topological polar surface area (TPSA) is 35.5 Å². The van der Waals surface area contributed by atoms with Gasteiger partial charge in [0.1, 0.15) is 0 Å². The Balaban J connectivity index is 2.03. The van der Waals surface area contributed by atoms with Gasteiger partial charge in [0.25, 0.3) is 0 Å². The Morgan fingerprint density at radius 2 is 1.83 bits per heavy atom. The van der Waals surface area contributed by atoms with E-state index in [1.807, 2.05) is 44.2 Å². The van der Waals surface area contributed by atoms with Crippen LogP contribution >= 0.6 is 0 Å². The molecule has 0 aliphatic rings. The number of hydrogen-bond donors (Lipinski definition) is 0. The third kappa shape index (κ3) is 6.52. The van der Waals surface area contributed by atoms with E-state index in [4.69, 9.17) is 9.47 Å². The molecule has 0 N–H and O–H groups in total. The van der Waals surface area contributed by atoms with Crippen LogP contribution in [0.1, 0.15) is 37.0 Å². The molecule has 0 unspecified atom stereocenters. The first-order valence-corrected chi connectivity index (χ1v) is 6.47. The number of carbonyl (C=O) groups excluding carboxylic acids is 1. The van der Waals surface area contributed by atoms with Gasteiger partial charge in [-0.3, -0.25) is 4.79 Å². The fourth-order valence-corrected chi connectivity index (χ4v) is 1.55. The molecular weight excluding hydrogens is 228 g/mol. The fraction of sp³-hybridized carbons (Fsp3) is 0.533. The number of ketones is 1. The van der Waals surface area contributed by atoms with Crippen molar-refractivity contribution < 1.29 is 14.3 Å². The Bertz CT molecular complexity index is 333. The molecule has 0 aliphatic heterocycles. The second kappa shape index (κ2) is 8.84. The molecule has 1 rings (SSSR count). The Kier molecular flexibility index (Phi) is 7.30. The van der Waals surface area contributed by atoms with Gasteiger partial charge in [0.2, 0.25) is 0 Å². The summed E-state index contributed by atoms with van der Waals surface area (Å²) in [5.74, 6) is 0.178. The third-order valence-electron chi connectivity index (χ3n) is 2.47. The Morgan fingerprint density at radius 1 is 1.11 bits per heavy atom. The quantitative estimate of drug-likeness (QED) is 0.499. The molecule has 3 heteroatoms. The van der Waals surface area contributed by atoms with Gasteiger partial charge in [0.15, 0.2) is 5.78 Å². The van der Waals surface area contributed by atoms with E-state index in [1.165, 1.54) is 0 Å². The Morgan fingerprint density at radius 3 is 2.50 bits per heavy atom. The first kappa shape index (κ1) is 14.9. The minimum Gasteiger partial charge on any atom is -0.379 e. The summed E-state index contributed by atoms with van der Waals surface area (Å²) < 4.78 is 10.7. The smallest absolute Gasteiger partial charge is 0.162 e.